The highest BCUT2D eigenvalue weighted by Gasteiger charge is 2.13. The summed E-state index contributed by atoms with van der Waals surface area (Å²) >= 11 is 0. The first-order valence-electron chi connectivity index (χ1n) is 6.67. The lowest BCUT2D eigenvalue weighted by molar-refractivity contribution is 0.341. The number of hydrogen-bond acceptors (Lipinski definition) is 6. The van der Waals surface area contributed by atoms with Crippen LogP contribution in [0.1, 0.15) is 12.5 Å². The Balaban J connectivity index is 2.20. The van der Waals surface area contributed by atoms with E-state index in [-0.39, 0.29) is 0 Å². The van der Waals surface area contributed by atoms with E-state index in [1.54, 1.807) is 14.2 Å². The number of methoxy groups -OCH3 is 2. The summed E-state index contributed by atoms with van der Waals surface area (Å²) in [5, 5.41) is 3.30. The van der Waals surface area contributed by atoms with Gasteiger partial charge < -0.3 is 19.5 Å². The Morgan fingerprint density at radius 2 is 1.71 bits per heavy atom. The van der Waals surface area contributed by atoms with Crippen LogP contribution in [0.25, 0.3) is 0 Å². The molecule has 6 nitrogen and oxygen atoms in total. The van der Waals surface area contributed by atoms with Crippen molar-refractivity contribution in [3.63, 3.8) is 0 Å². The predicted molar refractivity (Wildman–Crippen MR) is 80.1 cm³/mol. The minimum atomic E-state index is 0.470. The van der Waals surface area contributed by atoms with Crippen molar-refractivity contribution in [2.75, 3.05) is 26.1 Å². The highest BCUT2D eigenvalue weighted by Crippen LogP contribution is 2.28. The lowest BCUT2D eigenvalue weighted by Gasteiger charge is -2.14. The van der Waals surface area contributed by atoms with E-state index in [4.69, 9.17) is 14.2 Å². The van der Waals surface area contributed by atoms with Crippen LogP contribution >= 0.6 is 0 Å². The quantitative estimate of drug-likeness (QED) is 0.845. The predicted octanol–water partition coefficient (Wildman–Crippen LogP) is 2.50. The maximum absolute atomic E-state index is 5.58. The molecular formula is C15H19N3O3. The summed E-state index contributed by atoms with van der Waals surface area (Å²) < 4.78 is 16.1. The van der Waals surface area contributed by atoms with Crippen LogP contribution < -0.4 is 19.5 Å². The minimum absolute atomic E-state index is 0.470. The molecule has 0 amide bonds. The maximum atomic E-state index is 5.58. The second-order valence-corrected chi connectivity index (χ2v) is 4.15. The monoisotopic (exact) mass is 289 g/mol. The Labute approximate surface area is 124 Å². The average Bonchev–Trinajstić information content (AvgIpc) is 2.54. The molecule has 0 radical (unpaired) electrons. The molecule has 1 aromatic carbocycles. The van der Waals surface area contributed by atoms with E-state index in [0.717, 1.165) is 17.0 Å². The summed E-state index contributed by atoms with van der Waals surface area (Å²) in [6.45, 7) is 3.03. The van der Waals surface area contributed by atoms with E-state index in [0.29, 0.717) is 24.9 Å². The molecule has 0 aliphatic rings. The van der Waals surface area contributed by atoms with Gasteiger partial charge in [-0.05, 0) is 19.1 Å². The van der Waals surface area contributed by atoms with Gasteiger partial charge in [0.2, 0.25) is 11.8 Å². The summed E-state index contributed by atoms with van der Waals surface area (Å²) in [7, 11) is 3.14. The van der Waals surface area contributed by atoms with Gasteiger partial charge in [0.25, 0.3) is 0 Å². The van der Waals surface area contributed by atoms with E-state index in [1.807, 2.05) is 31.2 Å². The highest BCUT2D eigenvalue weighted by molar-refractivity contribution is 5.57. The standard InChI is InChI=1S/C15H19N3O3/c1-4-21-13-8-6-5-7-12(13)16-9-11-14(19-2)17-10-18-15(11)20-3/h5-8,10,16H,4,9H2,1-3H3. The molecule has 6 heteroatoms. The van der Waals surface area contributed by atoms with E-state index in [2.05, 4.69) is 15.3 Å². The molecule has 2 rings (SSSR count). The SMILES string of the molecule is CCOc1ccccc1NCc1c(OC)ncnc1OC. The zero-order valence-electron chi connectivity index (χ0n) is 12.4. The molecule has 0 fully saturated rings. The van der Waals surface area contributed by atoms with Crippen molar-refractivity contribution in [3.05, 3.63) is 36.2 Å². The fraction of sp³-hybridized carbons (Fsp3) is 0.333. The number of anilines is 1. The van der Waals surface area contributed by atoms with Crippen molar-refractivity contribution in [2.24, 2.45) is 0 Å². The van der Waals surface area contributed by atoms with Crippen LogP contribution in [0.4, 0.5) is 5.69 Å². The molecule has 0 aliphatic heterocycles. The largest absolute Gasteiger partial charge is 0.492 e. The number of hydrogen-bond donors (Lipinski definition) is 1. The van der Waals surface area contributed by atoms with Crippen LogP contribution in [0.2, 0.25) is 0 Å². The lowest BCUT2D eigenvalue weighted by Crippen LogP contribution is -2.07. The van der Waals surface area contributed by atoms with Gasteiger partial charge >= 0.3 is 0 Å². The second-order valence-electron chi connectivity index (χ2n) is 4.15. The van der Waals surface area contributed by atoms with E-state index >= 15 is 0 Å². The third-order valence-electron chi connectivity index (χ3n) is 2.90. The van der Waals surface area contributed by atoms with E-state index in [1.165, 1.54) is 6.33 Å². The first kappa shape index (κ1) is 14.9. The molecule has 1 aromatic heterocycles. The van der Waals surface area contributed by atoms with Gasteiger partial charge in [0, 0.05) is 0 Å². The van der Waals surface area contributed by atoms with Crippen LogP contribution in [0.5, 0.6) is 17.5 Å². The summed E-state index contributed by atoms with van der Waals surface area (Å²) in [6.07, 6.45) is 1.41. The summed E-state index contributed by atoms with van der Waals surface area (Å²) in [4.78, 5) is 8.18. The van der Waals surface area contributed by atoms with Crippen LogP contribution in [-0.4, -0.2) is 30.8 Å². The molecule has 0 saturated carbocycles. The molecule has 21 heavy (non-hydrogen) atoms. The molecule has 1 heterocycles. The Hall–Kier alpha value is -2.50. The normalized spacial score (nSPS) is 10.0. The molecule has 2 aromatic rings. The minimum Gasteiger partial charge on any atom is -0.492 e. The molecule has 112 valence electrons. The van der Waals surface area contributed by atoms with Crippen molar-refractivity contribution in [1.29, 1.82) is 0 Å². The van der Waals surface area contributed by atoms with Crippen molar-refractivity contribution in [3.8, 4) is 17.5 Å². The topological polar surface area (TPSA) is 65.5 Å². The van der Waals surface area contributed by atoms with Crippen LogP contribution in [0.15, 0.2) is 30.6 Å². The Bertz CT molecular complexity index is 568. The number of nitrogens with zero attached hydrogens (tertiary/aromatic N) is 2. The number of aromatic nitrogens is 2. The molecule has 0 atom stereocenters. The molecule has 0 spiro atoms. The molecule has 0 unspecified atom stereocenters. The van der Waals surface area contributed by atoms with Crippen molar-refractivity contribution in [2.45, 2.75) is 13.5 Å². The van der Waals surface area contributed by atoms with Gasteiger partial charge in [-0.3, -0.25) is 0 Å². The average molecular weight is 289 g/mol. The van der Waals surface area contributed by atoms with Gasteiger partial charge in [-0.15, -0.1) is 0 Å². The summed E-state index contributed by atoms with van der Waals surface area (Å²) in [5.74, 6) is 1.78. The number of ether oxygens (including phenoxy) is 3. The smallest absolute Gasteiger partial charge is 0.225 e. The van der Waals surface area contributed by atoms with Gasteiger partial charge in [0.15, 0.2) is 0 Å². The Morgan fingerprint density at radius 1 is 1.05 bits per heavy atom. The molecule has 0 bridgehead atoms. The molecule has 1 N–H and O–H groups in total. The van der Waals surface area contributed by atoms with E-state index < -0.39 is 0 Å². The van der Waals surface area contributed by atoms with Gasteiger partial charge in [-0.1, -0.05) is 12.1 Å². The number of nitrogens with one attached hydrogen (secondary N) is 1. The van der Waals surface area contributed by atoms with Crippen LogP contribution in [0.3, 0.4) is 0 Å². The van der Waals surface area contributed by atoms with Gasteiger partial charge in [0.1, 0.15) is 12.1 Å². The van der Waals surface area contributed by atoms with Gasteiger partial charge in [0.05, 0.1) is 38.6 Å². The van der Waals surface area contributed by atoms with Crippen LogP contribution in [-0.2, 0) is 6.54 Å². The molecule has 0 saturated heterocycles. The Morgan fingerprint density at radius 3 is 2.33 bits per heavy atom. The van der Waals surface area contributed by atoms with Crippen molar-refractivity contribution >= 4 is 5.69 Å². The molecular weight excluding hydrogens is 270 g/mol. The third kappa shape index (κ3) is 3.53. The zero-order valence-corrected chi connectivity index (χ0v) is 12.4. The van der Waals surface area contributed by atoms with Crippen molar-refractivity contribution in [1.82, 2.24) is 9.97 Å². The first-order chi connectivity index (χ1) is 10.3. The number of para-hydroxylation sites is 2. The van der Waals surface area contributed by atoms with Crippen LogP contribution in [0, 0.1) is 0 Å². The number of rotatable bonds is 7. The van der Waals surface area contributed by atoms with Crippen molar-refractivity contribution < 1.29 is 14.2 Å². The summed E-state index contributed by atoms with van der Waals surface area (Å²) in [6, 6.07) is 7.75. The zero-order chi connectivity index (χ0) is 15.1. The summed E-state index contributed by atoms with van der Waals surface area (Å²) in [5.41, 5.74) is 1.65. The molecule has 0 aliphatic carbocycles. The van der Waals surface area contributed by atoms with Gasteiger partial charge in [-0.25, -0.2) is 9.97 Å². The lowest BCUT2D eigenvalue weighted by atomic mass is 10.2. The highest BCUT2D eigenvalue weighted by atomic mass is 16.5. The fourth-order valence-corrected chi connectivity index (χ4v) is 1.96. The number of benzene rings is 1. The second kappa shape index (κ2) is 7.33. The fourth-order valence-electron chi connectivity index (χ4n) is 1.96. The third-order valence-corrected chi connectivity index (χ3v) is 2.90. The first-order valence-corrected chi connectivity index (χ1v) is 6.67. The van der Waals surface area contributed by atoms with E-state index in [9.17, 15) is 0 Å². The Kier molecular flexibility index (Phi) is 5.20. The van der Waals surface area contributed by atoms with Gasteiger partial charge in [-0.2, -0.15) is 0 Å². The maximum Gasteiger partial charge on any atom is 0.225 e.